The molecule has 0 fully saturated rings. The highest BCUT2D eigenvalue weighted by Gasteiger charge is 2.10. The highest BCUT2D eigenvalue weighted by molar-refractivity contribution is 5.09. The molecule has 0 bridgehead atoms. The van der Waals surface area contributed by atoms with Gasteiger partial charge in [-0.3, -0.25) is 4.68 Å². The molecule has 0 amide bonds. The van der Waals surface area contributed by atoms with Crippen molar-refractivity contribution in [3.63, 3.8) is 0 Å². The first-order valence-electron chi connectivity index (χ1n) is 5.96. The molecule has 1 heterocycles. The Balaban J connectivity index is 2.45. The molecule has 0 aromatic carbocycles. The van der Waals surface area contributed by atoms with Gasteiger partial charge in [-0.1, -0.05) is 0 Å². The minimum absolute atomic E-state index is 0.340. The van der Waals surface area contributed by atoms with E-state index < -0.39 is 0 Å². The third-order valence-corrected chi connectivity index (χ3v) is 2.53. The number of hydrogen-bond donors (Lipinski definition) is 1. The van der Waals surface area contributed by atoms with Crippen LogP contribution in [0.1, 0.15) is 31.7 Å². The van der Waals surface area contributed by atoms with Gasteiger partial charge in [0.05, 0.1) is 11.8 Å². The Morgan fingerprint density at radius 3 is 2.88 bits per heavy atom. The molecule has 1 rings (SSSR count). The fourth-order valence-electron chi connectivity index (χ4n) is 1.74. The van der Waals surface area contributed by atoms with Crippen molar-refractivity contribution >= 4 is 0 Å². The van der Waals surface area contributed by atoms with E-state index >= 15 is 0 Å². The van der Waals surface area contributed by atoms with Crippen molar-refractivity contribution in [3.8, 4) is 0 Å². The number of nitrogens with zero attached hydrogens (tertiary/aromatic N) is 2. The number of aliphatic hydroxyl groups excluding tert-OH is 1. The van der Waals surface area contributed by atoms with Crippen molar-refractivity contribution in [2.75, 3.05) is 13.2 Å². The zero-order valence-corrected chi connectivity index (χ0v) is 10.4. The van der Waals surface area contributed by atoms with Gasteiger partial charge in [0.1, 0.15) is 0 Å². The molecule has 4 heteroatoms. The van der Waals surface area contributed by atoms with Crippen LogP contribution < -0.4 is 0 Å². The molecular formula is C12H22N2O2. The van der Waals surface area contributed by atoms with E-state index in [9.17, 15) is 5.11 Å². The lowest BCUT2D eigenvalue weighted by Crippen LogP contribution is -2.16. The second-order valence-corrected chi connectivity index (χ2v) is 3.94. The van der Waals surface area contributed by atoms with E-state index in [4.69, 9.17) is 4.74 Å². The fourth-order valence-corrected chi connectivity index (χ4v) is 1.74. The van der Waals surface area contributed by atoms with Gasteiger partial charge < -0.3 is 9.84 Å². The maximum Gasteiger partial charge on any atom is 0.0617 e. The summed E-state index contributed by atoms with van der Waals surface area (Å²) in [6.07, 6.45) is 0.997. The number of aliphatic hydroxyl groups is 1. The minimum Gasteiger partial charge on any atom is -0.393 e. The van der Waals surface area contributed by atoms with Crippen molar-refractivity contribution < 1.29 is 9.84 Å². The van der Waals surface area contributed by atoms with Crippen molar-refractivity contribution in [2.24, 2.45) is 0 Å². The maximum atomic E-state index is 9.84. The van der Waals surface area contributed by atoms with E-state index in [0.717, 1.165) is 17.9 Å². The molecule has 1 aromatic heterocycles. The molecule has 0 radical (unpaired) electrons. The van der Waals surface area contributed by atoms with Gasteiger partial charge in [-0.25, -0.2) is 0 Å². The van der Waals surface area contributed by atoms with Crippen LogP contribution in [0.2, 0.25) is 0 Å². The Kier molecular flexibility index (Phi) is 5.49. The third kappa shape index (κ3) is 3.94. The Morgan fingerprint density at radius 1 is 1.50 bits per heavy atom. The summed E-state index contributed by atoms with van der Waals surface area (Å²) < 4.78 is 7.16. The SMILES string of the molecule is CCOCCC(O)Cc1cc(C)nn1CC. The smallest absolute Gasteiger partial charge is 0.0617 e. The molecule has 0 saturated carbocycles. The first-order chi connectivity index (χ1) is 7.67. The number of aryl methyl sites for hydroxylation is 2. The van der Waals surface area contributed by atoms with E-state index in [1.165, 1.54) is 0 Å². The molecule has 0 aliphatic rings. The summed E-state index contributed by atoms with van der Waals surface area (Å²) >= 11 is 0. The van der Waals surface area contributed by atoms with Gasteiger partial charge in [-0.2, -0.15) is 5.10 Å². The summed E-state index contributed by atoms with van der Waals surface area (Å²) in [5, 5.41) is 14.2. The lowest BCUT2D eigenvalue weighted by Gasteiger charge is -2.11. The number of aromatic nitrogens is 2. The summed E-state index contributed by atoms with van der Waals surface area (Å²) in [5.41, 5.74) is 2.11. The Labute approximate surface area is 97.2 Å². The van der Waals surface area contributed by atoms with E-state index in [1.807, 2.05) is 24.6 Å². The molecule has 0 saturated heterocycles. The van der Waals surface area contributed by atoms with Crippen LogP contribution in [0.5, 0.6) is 0 Å². The third-order valence-electron chi connectivity index (χ3n) is 2.53. The van der Waals surface area contributed by atoms with E-state index in [1.54, 1.807) is 0 Å². The van der Waals surface area contributed by atoms with Gasteiger partial charge in [0, 0.05) is 31.9 Å². The highest BCUT2D eigenvalue weighted by atomic mass is 16.5. The summed E-state index contributed by atoms with van der Waals surface area (Å²) in [5.74, 6) is 0. The van der Waals surface area contributed by atoms with E-state index in [0.29, 0.717) is 26.1 Å². The van der Waals surface area contributed by atoms with Gasteiger partial charge in [0.2, 0.25) is 0 Å². The second-order valence-electron chi connectivity index (χ2n) is 3.94. The molecule has 92 valence electrons. The Hall–Kier alpha value is -0.870. The minimum atomic E-state index is -0.340. The molecule has 1 unspecified atom stereocenters. The van der Waals surface area contributed by atoms with Crippen molar-refractivity contribution in [1.82, 2.24) is 9.78 Å². The maximum absolute atomic E-state index is 9.84. The first-order valence-corrected chi connectivity index (χ1v) is 5.96. The predicted molar refractivity (Wildman–Crippen MR) is 63.5 cm³/mol. The standard InChI is InChI=1S/C12H22N2O2/c1-4-14-11(8-10(3)13-14)9-12(15)6-7-16-5-2/h8,12,15H,4-7,9H2,1-3H3. The highest BCUT2D eigenvalue weighted by Crippen LogP contribution is 2.08. The van der Waals surface area contributed by atoms with E-state index in [-0.39, 0.29) is 6.10 Å². The van der Waals surface area contributed by atoms with E-state index in [2.05, 4.69) is 12.0 Å². The monoisotopic (exact) mass is 226 g/mol. The molecule has 1 atom stereocenters. The van der Waals surface area contributed by atoms with Crippen molar-refractivity contribution in [2.45, 2.75) is 46.3 Å². The average Bonchev–Trinajstić information content (AvgIpc) is 2.59. The molecular weight excluding hydrogens is 204 g/mol. The molecule has 4 nitrogen and oxygen atoms in total. The topological polar surface area (TPSA) is 47.3 Å². The van der Waals surface area contributed by atoms with Crippen LogP contribution in [-0.2, 0) is 17.7 Å². The zero-order chi connectivity index (χ0) is 12.0. The van der Waals surface area contributed by atoms with Crippen LogP contribution in [-0.4, -0.2) is 34.2 Å². The predicted octanol–water partition coefficient (Wildman–Crippen LogP) is 1.54. The zero-order valence-electron chi connectivity index (χ0n) is 10.4. The van der Waals surface area contributed by atoms with Crippen molar-refractivity contribution in [1.29, 1.82) is 0 Å². The van der Waals surface area contributed by atoms with Crippen LogP contribution in [0.15, 0.2) is 6.07 Å². The Bertz CT molecular complexity index is 310. The van der Waals surface area contributed by atoms with Crippen LogP contribution in [0.25, 0.3) is 0 Å². The summed E-state index contributed by atoms with van der Waals surface area (Å²) in [6.45, 7) is 8.17. The molecule has 0 aliphatic heterocycles. The molecule has 1 N–H and O–H groups in total. The number of hydrogen-bond acceptors (Lipinski definition) is 3. The lowest BCUT2D eigenvalue weighted by atomic mass is 10.1. The Morgan fingerprint density at radius 2 is 2.25 bits per heavy atom. The summed E-state index contributed by atoms with van der Waals surface area (Å²) in [6, 6.07) is 2.04. The largest absolute Gasteiger partial charge is 0.393 e. The normalized spacial score (nSPS) is 13.0. The molecule has 16 heavy (non-hydrogen) atoms. The molecule has 1 aromatic rings. The van der Waals surface area contributed by atoms with Gasteiger partial charge in [0.15, 0.2) is 0 Å². The molecule has 0 aliphatic carbocycles. The summed E-state index contributed by atoms with van der Waals surface area (Å²) in [7, 11) is 0. The first kappa shape index (κ1) is 13.2. The van der Waals surface area contributed by atoms with Crippen LogP contribution >= 0.6 is 0 Å². The number of rotatable bonds is 7. The van der Waals surface area contributed by atoms with Crippen LogP contribution in [0.4, 0.5) is 0 Å². The lowest BCUT2D eigenvalue weighted by molar-refractivity contribution is 0.0877. The van der Waals surface area contributed by atoms with Gasteiger partial charge in [-0.05, 0) is 33.3 Å². The molecule has 0 spiro atoms. The average molecular weight is 226 g/mol. The van der Waals surface area contributed by atoms with Gasteiger partial charge in [-0.15, -0.1) is 0 Å². The number of ether oxygens (including phenoxy) is 1. The van der Waals surface area contributed by atoms with Gasteiger partial charge in [0.25, 0.3) is 0 Å². The fraction of sp³-hybridized carbons (Fsp3) is 0.750. The van der Waals surface area contributed by atoms with Crippen LogP contribution in [0, 0.1) is 6.92 Å². The summed E-state index contributed by atoms with van der Waals surface area (Å²) in [4.78, 5) is 0. The van der Waals surface area contributed by atoms with Crippen molar-refractivity contribution in [3.05, 3.63) is 17.5 Å². The second kappa shape index (κ2) is 6.66. The van der Waals surface area contributed by atoms with Gasteiger partial charge >= 0.3 is 0 Å². The quantitative estimate of drug-likeness (QED) is 0.717. The van der Waals surface area contributed by atoms with Crippen LogP contribution in [0.3, 0.4) is 0 Å².